The summed E-state index contributed by atoms with van der Waals surface area (Å²) in [5, 5.41) is 3.40. The summed E-state index contributed by atoms with van der Waals surface area (Å²) in [5.41, 5.74) is 1.26. The molecule has 1 saturated heterocycles. The molecule has 0 aliphatic carbocycles. The first-order valence-corrected chi connectivity index (χ1v) is 6.18. The first-order valence-electron chi connectivity index (χ1n) is 6.18. The summed E-state index contributed by atoms with van der Waals surface area (Å²) in [6, 6.07) is 8.28. The number of aryl methyl sites for hydroxylation is 1. The van der Waals surface area contributed by atoms with Crippen molar-refractivity contribution in [3.8, 4) is 5.75 Å². The van der Waals surface area contributed by atoms with Gasteiger partial charge in [-0.25, -0.2) is 0 Å². The molecule has 0 amide bonds. The van der Waals surface area contributed by atoms with Gasteiger partial charge in [0.05, 0.1) is 6.10 Å². The Morgan fingerprint density at radius 3 is 3.06 bits per heavy atom. The van der Waals surface area contributed by atoms with E-state index in [9.17, 15) is 0 Å². The molecule has 0 aromatic heterocycles. The van der Waals surface area contributed by atoms with Crippen LogP contribution in [0.15, 0.2) is 24.3 Å². The maximum Gasteiger partial charge on any atom is 0.119 e. The van der Waals surface area contributed by atoms with Crippen LogP contribution in [0, 0.1) is 12.8 Å². The highest BCUT2D eigenvalue weighted by Crippen LogP contribution is 2.20. The van der Waals surface area contributed by atoms with Crippen LogP contribution in [-0.4, -0.2) is 19.2 Å². The Bertz CT molecular complexity index is 331. The van der Waals surface area contributed by atoms with Crippen LogP contribution in [-0.2, 0) is 0 Å². The van der Waals surface area contributed by atoms with Crippen LogP contribution in [0.3, 0.4) is 0 Å². The van der Waals surface area contributed by atoms with Crippen molar-refractivity contribution < 1.29 is 4.74 Å². The second-order valence-corrected chi connectivity index (χ2v) is 4.84. The molecule has 2 nitrogen and oxygen atoms in total. The Kier molecular flexibility index (Phi) is 3.83. The topological polar surface area (TPSA) is 21.3 Å². The molecule has 1 fully saturated rings. The molecule has 1 aliphatic rings. The monoisotopic (exact) mass is 219 g/mol. The van der Waals surface area contributed by atoms with E-state index in [2.05, 4.69) is 37.4 Å². The minimum absolute atomic E-state index is 0.312. The Balaban J connectivity index is 1.84. The lowest BCUT2D eigenvalue weighted by Crippen LogP contribution is -2.18. The van der Waals surface area contributed by atoms with E-state index in [0.29, 0.717) is 6.10 Å². The lowest BCUT2D eigenvalue weighted by atomic mass is 10.0. The van der Waals surface area contributed by atoms with Gasteiger partial charge < -0.3 is 10.1 Å². The number of nitrogens with one attached hydrogen (secondary N) is 1. The van der Waals surface area contributed by atoms with Crippen LogP contribution in [0.4, 0.5) is 0 Å². The van der Waals surface area contributed by atoms with E-state index in [1.165, 1.54) is 18.5 Å². The Morgan fingerprint density at radius 1 is 1.50 bits per heavy atom. The first kappa shape index (κ1) is 11.5. The molecular weight excluding hydrogens is 198 g/mol. The van der Waals surface area contributed by atoms with Gasteiger partial charge in [0.1, 0.15) is 5.75 Å². The molecule has 2 rings (SSSR count). The average molecular weight is 219 g/mol. The van der Waals surface area contributed by atoms with Gasteiger partial charge in [-0.1, -0.05) is 12.1 Å². The SMILES string of the molecule is Cc1cccc(OC(C)CC2CCNC2)c1. The Labute approximate surface area is 98.0 Å². The molecule has 2 atom stereocenters. The second kappa shape index (κ2) is 5.35. The van der Waals surface area contributed by atoms with E-state index >= 15 is 0 Å². The third-order valence-corrected chi connectivity index (χ3v) is 3.15. The summed E-state index contributed by atoms with van der Waals surface area (Å²) in [6.07, 6.45) is 2.76. The van der Waals surface area contributed by atoms with E-state index < -0.39 is 0 Å². The zero-order valence-electron chi connectivity index (χ0n) is 10.2. The third-order valence-electron chi connectivity index (χ3n) is 3.15. The summed E-state index contributed by atoms with van der Waals surface area (Å²) in [7, 11) is 0. The molecule has 0 radical (unpaired) electrons. The van der Waals surface area contributed by atoms with Crippen molar-refractivity contribution in [2.24, 2.45) is 5.92 Å². The quantitative estimate of drug-likeness (QED) is 0.840. The largest absolute Gasteiger partial charge is 0.491 e. The van der Waals surface area contributed by atoms with Gasteiger partial charge in [-0.05, 0) is 63.4 Å². The fourth-order valence-corrected chi connectivity index (χ4v) is 2.35. The van der Waals surface area contributed by atoms with Crippen molar-refractivity contribution in [3.05, 3.63) is 29.8 Å². The smallest absolute Gasteiger partial charge is 0.119 e. The number of hydrogen-bond donors (Lipinski definition) is 1. The van der Waals surface area contributed by atoms with Gasteiger partial charge in [0.25, 0.3) is 0 Å². The van der Waals surface area contributed by atoms with Gasteiger partial charge in [0.2, 0.25) is 0 Å². The van der Waals surface area contributed by atoms with E-state index in [4.69, 9.17) is 4.74 Å². The highest BCUT2D eigenvalue weighted by molar-refractivity contribution is 5.27. The fourth-order valence-electron chi connectivity index (χ4n) is 2.35. The minimum atomic E-state index is 0.312. The van der Waals surface area contributed by atoms with E-state index in [1.54, 1.807) is 0 Å². The Morgan fingerprint density at radius 2 is 2.38 bits per heavy atom. The highest BCUT2D eigenvalue weighted by Gasteiger charge is 2.18. The van der Waals surface area contributed by atoms with Gasteiger partial charge in [0.15, 0.2) is 0 Å². The van der Waals surface area contributed by atoms with Crippen molar-refractivity contribution in [2.75, 3.05) is 13.1 Å². The van der Waals surface area contributed by atoms with Gasteiger partial charge in [-0.3, -0.25) is 0 Å². The van der Waals surface area contributed by atoms with Crippen molar-refractivity contribution >= 4 is 0 Å². The molecule has 1 N–H and O–H groups in total. The maximum atomic E-state index is 5.93. The number of benzene rings is 1. The van der Waals surface area contributed by atoms with Crippen LogP contribution in [0.2, 0.25) is 0 Å². The molecule has 2 unspecified atom stereocenters. The average Bonchev–Trinajstić information content (AvgIpc) is 2.70. The van der Waals surface area contributed by atoms with E-state index in [0.717, 1.165) is 24.6 Å². The lowest BCUT2D eigenvalue weighted by molar-refractivity contribution is 0.189. The summed E-state index contributed by atoms with van der Waals surface area (Å²) in [4.78, 5) is 0. The van der Waals surface area contributed by atoms with Gasteiger partial charge in [-0.15, -0.1) is 0 Å². The summed E-state index contributed by atoms with van der Waals surface area (Å²) in [5.74, 6) is 1.79. The predicted molar refractivity (Wildman–Crippen MR) is 66.9 cm³/mol. The van der Waals surface area contributed by atoms with Gasteiger partial charge in [-0.2, -0.15) is 0 Å². The third kappa shape index (κ3) is 3.24. The summed E-state index contributed by atoms with van der Waals surface area (Å²) < 4.78 is 5.93. The van der Waals surface area contributed by atoms with E-state index in [-0.39, 0.29) is 0 Å². The van der Waals surface area contributed by atoms with Gasteiger partial charge >= 0.3 is 0 Å². The van der Waals surface area contributed by atoms with Crippen molar-refractivity contribution in [1.29, 1.82) is 0 Å². The van der Waals surface area contributed by atoms with E-state index in [1.807, 2.05) is 6.07 Å². The maximum absolute atomic E-state index is 5.93. The molecule has 16 heavy (non-hydrogen) atoms. The zero-order valence-corrected chi connectivity index (χ0v) is 10.2. The molecule has 2 heteroatoms. The molecule has 1 aliphatic heterocycles. The summed E-state index contributed by atoms with van der Waals surface area (Å²) in [6.45, 7) is 6.59. The number of ether oxygens (including phenoxy) is 1. The molecule has 1 aromatic rings. The highest BCUT2D eigenvalue weighted by atomic mass is 16.5. The van der Waals surface area contributed by atoms with Crippen LogP contribution in [0.5, 0.6) is 5.75 Å². The predicted octanol–water partition coefficient (Wildman–Crippen LogP) is 2.76. The minimum Gasteiger partial charge on any atom is -0.491 e. The molecule has 0 saturated carbocycles. The molecular formula is C14H21NO. The number of rotatable bonds is 4. The van der Waals surface area contributed by atoms with Crippen molar-refractivity contribution in [2.45, 2.75) is 32.8 Å². The van der Waals surface area contributed by atoms with Crippen LogP contribution < -0.4 is 10.1 Å². The second-order valence-electron chi connectivity index (χ2n) is 4.84. The molecule has 0 bridgehead atoms. The Hall–Kier alpha value is -1.02. The van der Waals surface area contributed by atoms with Crippen LogP contribution in [0.1, 0.15) is 25.3 Å². The first-order chi connectivity index (χ1) is 7.74. The fraction of sp³-hybridized carbons (Fsp3) is 0.571. The van der Waals surface area contributed by atoms with Crippen molar-refractivity contribution in [3.63, 3.8) is 0 Å². The number of hydrogen-bond acceptors (Lipinski definition) is 2. The molecule has 1 aromatic carbocycles. The van der Waals surface area contributed by atoms with Gasteiger partial charge in [0, 0.05) is 0 Å². The zero-order chi connectivity index (χ0) is 11.4. The molecule has 0 spiro atoms. The summed E-state index contributed by atoms with van der Waals surface area (Å²) >= 11 is 0. The van der Waals surface area contributed by atoms with Crippen LogP contribution >= 0.6 is 0 Å². The molecule has 1 heterocycles. The normalized spacial score (nSPS) is 22.0. The lowest BCUT2D eigenvalue weighted by Gasteiger charge is -2.18. The van der Waals surface area contributed by atoms with Crippen LogP contribution in [0.25, 0.3) is 0 Å². The van der Waals surface area contributed by atoms with Crippen molar-refractivity contribution in [1.82, 2.24) is 5.32 Å². The molecule has 88 valence electrons. The standard InChI is InChI=1S/C14H21NO/c1-11-4-3-5-14(8-11)16-12(2)9-13-6-7-15-10-13/h3-5,8,12-13,15H,6-7,9-10H2,1-2H3.